The number of benzene rings is 1. The molecule has 0 radical (unpaired) electrons. The van der Waals surface area contributed by atoms with Gasteiger partial charge in [0.05, 0.1) is 6.42 Å². The third-order valence-corrected chi connectivity index (χ3v) is 3.93. The highest BCUT2D eigenvalue weighted by molar-refractivity contribution is 5.85. The van der Waals surface area contributed by atoms with E-state index in [4.69, 9.17) is 5.73 Å². The Hall–Kier alpha value is -1.13. The summed E-state index contributed by atoms with van der Waals surface area (Å²) >= 11 is 0. The minimum Gasteiger partial charge on any atom is -0.342 e. The number of nitrogens with zero attached hydrogens (tertiary/aromatic N) is 1. The zero-order valence-electron chi connectivity index (χ0n) is 11.9. The van der Waals surface area contributed by atoms with Gasteiger partial charge in [0.1, 0.15) is 5.82 Å². The second kappa shape index (κ2) is 6.55. The predicted molar refractivity (Wildman–Crippen MR) is 80.3 cm³/mol. The van der Waals surface area contributed by atoms with Gasteiger partial charge in [-0.05, 0) is 29.5 Å². The van der Waals surface area contributed by atoms with Crippen LogP contribution in [0.5, 0.6) is 0 Å². The first kappa shape index (κ1) is 16.9. The molecule has 0 spiro atoms. The summed E-state index contributed by atoms with van der Waals surface area (Å²) in [5.41, 5.74) is 6.87. The van der Waals surface area contributed by atoms with Crippen molar-refractivity contribution in [2.45, 2.75) is 32.7 Å². The Balaban J connectivity index is 0.00000200. The summed E-state index contributed by atoms with van der Waals surface area (Å²) in [6, 6.07) is 6.24. The maximum Gasteiger partial charge on any atom is 0.227 e. The maximum atomic E-state index is 12.8. The Labute approximate surface area is 125 Å². The van der Waals surface area contributed by atoms with Gasteiger partial charge in [0.25, 0.3) is 0 Å². The molecule has 0 saturated carbocycles. The van der Waals surface area contributed by atoms with Gasteiger partial charge < -0.3 is 10.6 Å². The van der Waals surface area contributed by atoms with E-state index in [9.17, 15) is 9.18 Å². The van der Waals surface area contributed by atoms with Crippen molar-refractivity contribution in [3.8, 4) is 0 Å². The van der Waals surface area contributed by atoms with Crippen LogP contribution in [0.1, 0.15) is 25.8 Å². The predicted octanol–water partition coefficient (Wildman–Crippen LogP) is 2.38. The highest BCUT2D eigenvalue weighted by atomic mass is 35.5. The van der Waals surface area contributed by atoms with Gasteiger partial charge in [0.15, 0.2) is 0 Å². The number of likely N-dealkylation sites (tertiary alicyclic amines) is 1. The molecule has 0 aromatic heterocycles. The molecule has 0 aliphatic carbocycles. The lowest BCUT2D eigenvalue weighted by Gasteiger charge is -2.42. The van der Waals surface area contributed by atoms with Crippen LogP contribution in [0.2, 0.25) is 0 Å². The van der Waals surface area contributed by atoms with E-state index in [2.05, 4.69) is 13.8 Å². The lowest BCUT2D eigenvalue weighted by molar-refractivity contribution is -0.133. The molecule has 2 N–H and O–H groups in total. The van der Waals surface area contributed by atoms with E-state index in [0.29, 0.717) is 19.5 Å². The molecule has 1 fully saturated rings. The van der Waals surface area contributed by atoms with Crippen LogP contribution in [0.4, 0.5) is 4.39 Å². The highest BCUT2D eigenvalue weighted by Gasteiger charge is 2.35. The molecule has 1 heterocycles. The molecule has 1 atom stereocenters. The summed E-state index contributed by atoms with van der Waals surface area (Å²) in [6.07, 6.45) is 1.16. The summed E-state index contributed by atoms with van der Waals surface area (Å²) < 4.78 is 12.8. The van der Waals surface area contributed by atoms with E-state index in [1.807, 2.05) is 4.90 Å². The number of halogens is 2. The Bertz CT molecular complexity index is 461. The summed E-state index contributed by atoms with van der Waals surface area (Å²) in [4.78, 5) is 14.1. The van der Waals surface area contributed by atoms with Crippen molar-refractivity contribution in [3.05, 3.63) is 35.6 Å². The van der Waals surface area contributed by atoms with Gasteiger partial charge in [-0.3, -0.25) is 4.79 Å². The lowest BCUT2D eigenvalue weighted by Crippen LogP contribution is -2.54. The average Bonchev–Trinajstić information content (AvgIpc) is 2.35. The van der Waals surface area contributed by atoms with E-state index in [0.717, 1.165) is 12.0 Å². The number of rotatable bonds is 2. The molecule has 1 unspecified atom stereocenters. The fraction of sp³-hybridized carbons (Fsp3) is 0.533. The van der Waals surface area contributed by atoms with Crippen molar-refractivity contribution in [1.82, 2.24) is 4.90 Å². The van der Waals surface area contributed by atoms with Gasteiger partial charge in [0, 0.05) is 19.1 Å². The molecule has 1 aromatic carbocycles. The van der Waals surface area contributed by atoms with E-state index in [-0.39, 0.29) is 35.6 Å². The second-order valence-corrected chi connectivity index (χ2v) is 6.00. The Kier molecular flexibility index (Phi) is 5.54. The van der Waals surface area contributed by atoms with Crippen molar-refractivity contribution >= 4 is 18.3 Å². The van der Waals surface area contributed by atoms with Gasteiger partial charge >= 0.3 is 0 Å². The zero-order chi connectivity index (χ0) is 14.0. The first-order valence-electron chi connectivity index (χ1n) is 6.66. The van der Waals surface area contributed by atoms with Gasteiger partial charge in [-0.1, -0.05) is 26.0 Å². The number of hydrogen-bond acceptors (Lipinski definition) is 2. The molecule has 1 aromatic rings. The van der Waals surface area contributed by atoms with Crippen LogP contribution in [0.3, 0.4) is 0 Å². The van der Waals surface area contributed by atoms with E-state index in [1.165, 1.54) is 12.1 Å². The molecule has 112 valence electrons. The Morgan fingerprint density at radius 2 is 2.00 bits per heavy atom. The summed E-state index contributed by atoms with van der Waals surface area (Å²) in [7, 11) is 0. The molecular weight excluding hydrogens is 279 g/mol. The molecule has 0 bridgehead atoms. The number of piperidine rings is 1. The van der Waals surface area contributed by atoms with Crippen LogP contribution < -0.4 is 5.73 Å². The fourth-order valence-corrected chi connectivity index (χ4v) is 2.48. The first-order valence-corrected chi connectivity index (χ1v) is 6.66. The van der Waals surface area contributed by atoms with Crippen LogP contribution in [0, 0.1) is 11.2 Å². The molecule has 1 aliphatic rings. The van der Waals surface area contributed by atoms with Gasteiger partial charge in [-0.2, -0.15) is 0 Å². The van der Waals surface area contributed by atoms with Gasteiger partial charge in [0.2, 0.25) is 5.91 Å². The van der Waals surface area contributed by atoms with Crippen LogP contribution >= 0.6 is 12.4 Å². The molecule has 3 nitrogen and oxygen atoms in total. The number of hydrogen-bond donors (Lipinski definition) is 1. The second-order valence-electron chi connectivity index (χ2n) is 6.00. The molecule has 1 aliphatic heterocycles. The number of carbonyl (C=O) groups excluding carboxylic acids is 1. The number of amides is 1. The molecular formula is C15H22ClFN2O. The van der Waals surface area contributed by atoms with Gasteiger partial charge in [-0.15, -0.1) is 12.4 Å². The van der Waals surface area contributed by atoms with Crippen molar-refractivity contribution in [2.75, 3.05) is 13.1 Å². The first-order chi connectivity index (χ1) is 8.88. The summed E-state index contributed by atoms with van der Waals surface area (Å²) in [5, 5.41) is 0. The summed E-state index contributed by atoms with van der Waals surface area (Å²) in [5.74, 6) is -0.187. The van der Waals surface area contributed by atoms with E-state index in [1.54, 1.807) is 12.1 Å². The molecule has 2 rings (SSSR count). The largest absolute Gasteiger partial charge is 0.342 e. The van der Waals surface area contributed by atoms with E-state index >= 15 is 0 Å². The molecule has 20 heavy (non-hydrogen) atoms. The van der Waals surface area contributed by atoms with Crippen molar-refractivity contribution in [1.29, 1.82) is 0 Å². The SMILES string of the molecule is CC1(C)CN(C(=O)Cc2ccc(F)cc2)CCC1N.Cl. The standard InChI is InChI=1S/C15H21FN2O.ClH/c1-15(2)10-18(8-7-13(15)17)14(19)9-11-3-5-12(16)6-4-11;/h3-6,13H,7-10,17H2,1-2H3;1H. The van der Waals surface area contributed by atoms with Crippen molar-refractivity contribution in [2.24, 2.45) is 11.1 Å². The fourth-order valence-electron chi connectivity index (χ4n) is 2.48. The molecule has 1 amide bonds. The smallest absolute Gasteiger partial charge is 0.227 e. The number of nitrogens with two attached hydrogens (primary N) is 1. The van der Waals surface area contributed by atoms with Crippen molar-refractivity contribution in [3.63, 3.8) is 0 Å². The molecule has 1 saturated heterocycles. The van der Waals surface area contributed by atoms with Crippen molar-refractivity contribution < 1.29 is 9.18 Å². The van der Waals surface area contributed by atoms with Gasteiger partial charge in [-0.25, -0.2) is 4.39 Å². The third-order valence-electron chi connectivity index (χ3n) is 3.93. The monoisotopic (exact) mass is 300 g/mol. The van der Waals surface area contributed by atoms with Crippen LogP contribution in [-0.4, -0.2) is 29.9 Å². The summed E-state index contributed by atoms with van der Waals surface area (Å²) in [6.45, 7) is 5.59. The van der Waals surface area contributed by atoms with E-state index < -0.39 is 0 Å². The third kappa shape index (κ3) is 3.93. The lowest BCUT2D eigenvalue weighted by atomic mass is 9.79. The molecule has 5 heteroatoms. The average molecular weight is 301 g/mol. The minimum atomic E-state index is -0.277. The topological polar surface area (TPSA) is 46.3 Å². The van der Waals surface area contributed by atoms with Crippen LogP contribution in [0.25, 0.3) is 0 Å². The number of carbonyl (C=O) groups is 1. The zero-order valence-corrected chi connectivity index (χ0v) is 12.8. The van der Waals surface area contributed by atoms with Crippen LogP contribution in [-0.2, 0) is 11.2 Å². The quantitative estimate of drug-likeness (QED) is 0.911. The van der Waals surface area contributed by atoms with Crippen LogP contribution in [0.15, 0.2) is 24.3 Å². The minimum absolute atomic E-state index is 0. The Morgan fingerprint density at radius 1 is 1.40 bits per heavy atom. The Morgan fingerprint density at radius 3 is 2.55 bits per heavy atom. The highest BCUT2D eigenvalue weighted by Crippen LogP contribution is 2.28. The maximum absolute atomic E-state index is 12.8. The normalized spacial score (nSPS) is 21.2.